The van der Waals surface area contributed by atoms with Crippen LogP contribution in [0.25, 0.3) is 0 Å². The van der Waals surface area contributed by atoms with Gasteiger partial charge in [0.05, 0.1) is 13.2 Å². The molecule has 0 aromatic heterocycles. The minimum atomic E-state index is -0.0332. The van der Waals surface area contributed by atoms with Gasteiger partial charge in [-0.25, -0.2) is 0 Å². The molecule has 0 bridgehead atoms. The van der Waals surface area contributed by atoms with Crippen LogP contribution in [0.3, 0.4) is 0 Å². The Hall–Kier alpha value is -1.65. The molecule has 0 heterocycles. The summed E-state index contributed by atoms with van der Waals surface area (Å²) in [7, 11) is 3.49. The van der Waals surface area contributed by atoms with Gasteiger partial charge in [0.2, 0.25) is 5.91 Å². The first-order valence-corrected chi connectivity index (χ1v) is 9.16. The van der Waals surface area contributed by atoms with Gasteiger partial charge in [-0.2, -0.15) is 0 Å². The van der Waals surface area contributed by atoms with E-state index in [9.17, 15) is 4.79 Å². The second-order valence-electron chi connectivity index (χ2n) is 5.47. The van der Waals surface area contributed by atoms with E-state index in [1.165, 1.54) is 0 Å². The second-order valence-corrected chi connectivity index (χ2v) is 7.08. The predicted molar refractivity (Wildman–Crippen MR) is 101 cm³/mol. The van der Waals surface area contributed by atoms with Crippen LogP contribution in [-0.4, -0.2) is 30.7 Å². The summed E-state index contributed by atoms with van der Waals surface area (Å²) in [6.45, 7) is 2.02. The molecular weight excluding hydrogens is 342 g/mol. The summed E-state index contributed by atoms with van der Waals surface area (Å²) in [5.74, 6) is 1.67. The molecule has 2 aromatic carbocycles. The van der Waals surface area contributed by atoms with Crippen molar-refractivity contribution in [3.8, 4) is 5.75 Å². The number of benzene rings is 2. The van der Waals surface area contributed by atoms with Gasteiger partial charge in [-0.15, -0.1) is 11.8 Å². The van der Waals surface area contributed by atoms with Crippen LogP contribution in [0.2, 0.25) is 5.02 Å². The van der Waals surface area contributed by atoms with E-state index in [2.05, 4.69) is 0 Å². The van der Waals surface area contributed by atoms with Gasteiger partial charge in [0.15, 0.2) is 0 Å². The number of nitrogens with zero attached hydrogens (tertiary/aromatic N) is 1. The summed E-state index contributed by atoms with van der Waals surface area (Å²) >= 11 is 7.53. The van der Waals surface area contributed by atoms with Gasteiger partial charge < -0.3 is 9.64 Å². The van der Waals surface area contributed by atoms with Crippen LogP contribution in [-0.2, 0) is 4.79 Å². The molecule has 0 aliphatic carbocycles. The number of hydrogen-bond acceptors (Lipinski definition) is 3. The van der Waals surface area contributed by atoms with Gasteiger partial charge in [0, 0.05) is 34.7 Å². The average Bonchev–Trinajstić information content (AvgIpc) is 2.62. The van der Waals surface area contributed by atoms with Crippen LogP contribution in [0.4, 0.5) is 0 Å². The maximum absolute atomic E-state index is 12.5. The summed E-state index contributed by atoms with van der Waals surface area (Å²) in [6.07, 6.45) is 0.489. The zero-order valence-corrected chi connectivity index (χ0v) is 15.7. The summed E-state index contributed by atoms with van der Waals surface area (Å²) < 4.78 is 5.39. The number of hydrogen-bond donors (Lipinski definition) is 0. The van der Waals surface area contributed by atoms with Crippen molar-refractivity contribution in [3.63, 3.8) is 0 Å². The first-order valence-electron chi connectivity index (χ1n) is 7.80. The number of carbonyl (C=O) groups is 1. The van der Waals surface area contributed by atoms with Crippen molar-refractivity contribution in [3.05, 3.63) is 59.1 Å². The van der Waals surface area contributed by atoms with Crippen LogP contribution >= 0.6 is 23.4 Å². The molecule has 3 nitrogen and oxygen atoms in total. The molecule has 1 unspecified atom stereocenters. The van der Waals surface area contributed by atoms with E-state index < -0.39 is 0 Å². The molecule has 0 N–H and O–H groups in total. The summed E-state index contributed by atoms with van der Waals surface area (Å²) in [5.41, 5.74) is 1.02. The van der Waals surface area contributed by atoms with Crippen molar-refractivity contribution in [2.45, 2.75) is 24.3 Å². The van der Waals surface area contributed by atoms with E-state index >= 15 is 0 Å². The molecule has 24 heavy (non-hydrogen) atoms. The zero-order valence-electron chi connectivity index (χ0n) is 14.2. The number of para-hydroxylation sites is 1. The predicted octanol–water partition coefficient (Wildman–Crippen LogP) is 5.05. The highest BCUT2D eigenvalue weighted by molar-refractivity contribution is 7.99. The van der Waals surface area contributed by atoms with E-state index in [-0.39, 0.29) is 11.9 Å². The fraction of sp³-hybridized carbons (Fsp3) is 0.316. The molecule has 0 fully saturated rings. The molecule has 1 amide bonds. The minimum absolute atomic E-state index is 0.0332. The Labute approximate surface area is 153 Å². The van der Waals surface area contributed by atoms with Crippen LogP contribution < -0.4 is 4.74 Å². The number of methoxy groups -OCH3 is 1. The first-order chi connectivity index (χ1) is 11.5. The largest absolute Gasteiger partial charge is 0.496 e. The van der Waals surface area contributed by atoms with Crippen molar-refractivity contribution in [2.75, 3.05) is 19.9 Å². The molecule has 2 aromatic rings. The normalized spacial score (nSPS) is 11.8. The number of rotatable bonds is 7. The van der Waals surface area contributed by atoms with Crippen molar-refractivity contribution in [2.24, 2.45) is 0 Å². The zero-order chi connectivity index (χ0) is 17.5. The van der Waals surface area contributed by atoms with Crippen molar-refractivity contribution in [1.82, 2.24) is 4.90 Å². The first kappa shape index (κ1) is 18.7. The molecule has 1 atom stereocenters. The third kappa shape index (κ3) is 4.92. The van der Waals surface area contributed by atoms with Gasteiger partial charge in [0.1, 0.15) is 5.75 Å². The monoisotopic (exact) mass is 363 g/mol. The summed E-state index contributed by atoms with van der Waals surface area (Å²) in [6, 6.07) is 15.4. The topological polar surface area (TPSA) is 29.5 Å². The van der Waals surface area contributed by atoms with Gasteiger partial charge in [0.25, 0.3) is 0 Å². The van der Waals surface area contributed by atoms with Gasteiger partial charge in [-0.3, -0.25) is 4.79 Å². The Kier molecular flexibility index (Phi) is 7.00. The smallest absolute Gasteiger partial charge is 0.223 e. The Bertz CT molecular complexity index is 675. The maximum Gasteiger partial charge on any atom is 0.223 e. The molecule has 0 aliphatic rings. The van der Waals surface area contributed by atoms with Crippen molar-refractivity contribution in [1.29, 1.82) is 0 Å². The molecule has 2 rings (SSSR count). The molecular formula is C19H22ClNO2S. The highest BCUT2D eigenvalue weighted by Crippen LogP contribution is 2.29. The second kappa shape index (κ2) is 9.00. The Morgan fingerprint density at radius 3 is 2.54 bits per heavy atom. The van der Waals surface area contributed by atoms with E-state index in [1.54, 1.807) is 23.8 Å². The SMILES string of the molecule is COc1ccccc1C(C)N(C)C(=O)CCSc1ccc(Cl)cc1. The minimum Gasteiger partial charge on any atom is -0.496 e. The lowest BCUT2D eigenvalue weighted by atomic mass is 10.1. The van der Waals surface area contributed by atoms with Gasteiger partial charge >= 0.3 is 0 Å². The van der Waals surface area contributed by atoms with Crippen molar-refractivity contribution >= 4 is 29.3 Å². The van der Waals surface area contributed by atoms with Crippen LogP contribution in [0.1, 0.15) is 24.9 Å². The lowest BCUT2D eigenvalue weighted by Crippen LogP contribution is -2.30. The molecule has 0 radical (unpaired) electrons. The van der Waals surface area contributed by atoms with E-state index in [0.717, 1.165) is 27.0 Å². The Morgan fingerprint density at radius 1 is 1.21 bits per heavy atom. The van der Waals surface area contributed by atoms with Crippen molar-refractivity contribution < 1.29 is 9.53 Å². The third-order valence-corrected chi connectivity index (χ3v) is 5.23. The molecule has 128 valence electrons. The highest BCUT2D eigenvalue weighted by Gasteiger charge is 2.19. The molecule has 0 saturated heterocycles. The molecule has 5 heteroatoms. The quantitative estimate of drug-likeness (QED) is 0.644. The van der Waals surface area contributed by atoms with Crippen LogP contribution in [0, 0.1) is 0 Å². The Morgan fingerprint density at radius 2 is 1.88 bits per heavy atom. The van der Waals surface area contributed by atoms with E-state index in [1.807, 2.05) is 62.5 Å². The number of amides is 1. The number of thioether (sulfide) groups is 1. The van der Waals surface area contributed by atoms with E-state index in [0.29, 0.717) is 6.42 Å². The molecule has 0 saturated carbocycles. The average molecular weight is 364 g/mol. The molecule has 0 spiro atoms. The maximum atomic E-state index is 12.5. The summed E-state index contributed by atoms with van der Waals surface area (Å²) in [5, 5.41) is 0.723. The molecule has 0 aliphatic heterocycles. The Balaban J connectivity index is 1.90. The number of carbonyl (C=O) groups excluding carboxylic acids is 1. The fourth-order valence-electron chi connectivity index (χ4n) is 2.40. The van der Waals surface area contributed by atoms with E-state index in [4.69, 9.17) is 16.3 Å². The summed E-state index contributed by atoms with van der Waals surface area (Å²) in [4.78, 5) is 15.3. The van der Waals surface area contributed by atoms with Gasteiger partial charge in [-0.05, 0) is 37.3 Å². The van der Waals surface area contributed by atoms with Crippen LogP contribution in [0.15, 0.2) is 53.4 Å². The highest BCUT2D eigenvalue weighted by atomic mass is 35.5. The fourth-order valence-corrected chi connectivity index (χ4v) is 3.37. The van der Waals surface area contributed by atoms with Gasteiger partial charge in [-0.1, -0.05) is 29.8 Å². The van der Waals surface area contributed by atoms with Crippen LogP contribution in [0.5, 0.6) is 5.75 Å². The number of ether oxygens (including phenoxy) is 1. The number of halogens is 1. The lowest BCUT2D eigenvalue weighted by molar-refractivity contribution is -0.131. The lowest BCUT2D eigenvalue weighted by Gasteiger charge is -2.26. The standard InChI is InChI=1S/C19H22ClNO2S/c1-14(17-6-4-5-7-18(17)23-3)21(2)19(22)12-13-24-16-10-8-15(20)9-11-16/h4-11,14H,12-13H2,1-3H3. The third-order valence-electron chi connectivity index (χ3n) is 3.96.